The maximum atomic E-state index is 13.3. The largest absolute Gasteiger partial charge is 0.386 e. The Morgan fingerprint density at radius 1 is 1.18 bits per heavy atom. The predicted molar refractivity (Wildman–Crippen MR) is 143 cm³/mol. The van der Waals surface area contributed by atoms with Crippen LogP contribution in [-0.2, 0) is 16.9 Å². The molecule has 1 amide bonds. The van der Waals surface area contributed by atoms with Crippen LogP contribution in [0.2, 0.25) is 0 Å². The number of carbonyl (C=O) groups excluding carboxylic acids is 2. The lowest BCUT2D eigenvalue weighted by atomic mass is 9.94. The molecule has 0 unspecified atom stereocenters. The Morgan fingerprint density at radius 2 is 1.88 bits per heavy atom. The van der Waals surface area contributed by atoms with Crippen molar-refractivity contribution >= 4 is 66.8 Å². The van der Waals surface area contributed by atoms with Gasteiger partial charge in [0.2, 0.25) is 0 Å². The van der Waals surface area contributed by atoms with Gasteiger partial charge in [-0.2, -0.15) is 0 Å². The number of pyridine rings is 1. The van der Waals surface area contributed by atoms with Crippen LogP contribution in [0.5, 0.6) is 0 Å². The Kier molecular flexibility index (Phi) is 7.57. The summed E-state index contributed by atoms with van der Waals surface area (Å²) in [6.07, 6.45) is 0. The first kappa shape index (κ1) is 26.0. The standard InChI is InChI=1S/C26H26N2O4S.BrH/c1-14-22-16(13-32-5)10-11-17(15(2)29)24(22)33-23(14)25(30)28-21-12-19(26(3,4)31)18-8-6-7-9-20(18)27-21;/h6-12,31H,13H2,1-5H3,(H,27,28,30);1H. The quantitative estimate of drug-likeness (QED) is 0.284. The van der Waals surface area contributed by atoms with E-state index in [9.17, 15) is 14.7 Å². The van der Waals surface area contributed by atoms with Crippen molar-refractivity contribution in [1.29, 1.82) is 0 Å². The summed E-state index contributed by atoms with van der Waals surface area (Å²) in [5.74, 6) is -0.00387. The summed E-state index contributed by atoms with van der Waals surface area (Å²) in [6, 6.07) is 12.9. The van der Waals surface area contributed by atoms with Crippen molar-refractivity contribution in [2.45, 2.75) is 39.9 Å². The number of benzene rings is 2. The monoisotopic (exact) mass is 542 g/mol. The number of halogens is 1. The lowest BCUT2D eigenvalue weighted by molar-refractivity contribution is 0.0801. The molecule has 0 atom stereocenters. The second-order valence-electron chi connectivity index (χ2n) is 8.61. The zero-order valence-electron chi connectivity index (χ0n) is 19.7. The molecule has 4 aromatic rings. The van der Waals surface area contributed by atoms with Gasteiger partial charge in [-0.3, -0.25) is 9.59 Å². The van der Waals surface area contributed by atoms with Gasteiger partial charge in [-0.1, -0.05) is 24.3 Å². The normalized spacial score (nSPS) is 11.5. The van der Waals surface area contributed by atoms with Crippen LogP contribution < -0.4 is 5.32 Å². The number of nitrogens with one attached hydrogen (secondary N) is 1. The SMILES string of the molecule is Br.COCc1ccc(C(C)=O)c2sc(C(=O)Nc3cc(C(C)(C)O)c4ccccc4n3)c(C)c12. The van der Waals surface area contributed by atoms with Gasteiger partial charge in [-0.25, -0.2) is 4.98 Å². The lowest BCUT2D eigenvalue weighted by Crippen LogP contribution is -2.18. The topological polar surface area (TPSA) is 88.5 Å². The molecule has 0 bridgehead atoms. The third-order valence-corrected chi connectivity index (χ3v) is 6.99. The zero-order chi connectivity index (χ0) is 23.9. The Bertz CT molecular complexity index is 1410. The average Bonchev–Trinajstić information content (AvgIpc) is 3.10. The Hall–Kier alpha value is -2.65. The highest BCUT2D eigenvalue weighted by molar-refractivity contribution is 8.93. The molecule has 0 radical (unpaired) electrons. The lowest BCUT2D eigenvalue weighted by Gasteiger charge is -2.21. The molecule has 0 aliphatic rings. The van der Waals surface area contributed by atoms with Crippen molar-refractivity contribution in [3.05, 3.63) is 69.6 Å². The van der Waals surface area contributed by atoms with E-state index in [0.717, 1.165) is 26.6 Å². The average molecular weight is 543 g/mol. The summed E-state index contributed by atoms with van der Waals surface area (Å²) in [6.45, 7) is 7.20. The Balaban J connectivity index is 0.00000324. The van der Waals surface area contributed by atoms with Crippen LogP contribution >= 0.6 is 28.3 Å². The molecule has 0 aliphatic carbocycles. The highest BCUT2D eigenvalue weighted by Crippen LogP contribution is 2.37. The summed E-state index contributed by atoms with van der Waals surface area (Å²) in [5.41, 5.74) is 2.57. The first-order valence-electron chi connectivity index (χ1n) is 10.6. The minimum Gasteiger partial charge on any atom is -0.386 e. The summed E-state index contributed by atoms with van der Waals surface area (Å²) in [7, 11) is 1.62. The number of aryl methyl sites for hydroxylation is 1. The highest BCUT2D eigenvalue weighted by atomic mass is 79.9. The van der Waals surface area contributed by atoms with E-state index in [2.05, 4.69) is 10.3 Å². The van der Waals surface area contributed by atoms with E-state index in [1.807, 2.05) is 37.3 Å². The number of ether oxygens (including phenoxy) is 1. The second kappa shape index (κ2) is 9.92. The second-order valence-corrected chi connectivity index (χ2v) is 9.63. The number of anilines is 1. The molecule has 34 heavy (non-hydrogen) atoms. The van der Waals surface area contributed by atoms with Crippen LogP contribution in [0.25, 0.3) is 21.0 Å². The Labute approximate surface area is 212 Å². The molecule has 6 nitrogen and oxygen atoms in total. The first-order chi connectivity index (χ1) is 15.6. The summed E-state index contributed by atoms with van der Waals surface area (Å²) < 4.78 is 6.11. The number of nitrogens with zero attached hydrogens (tertiary/aromatic N) is 1. The molecule has 2 heterocycles. The number of aromatic nitrogens is 1. The van der Waals surface area contributed by atoms with Crippen LogP contribution in [0.15, 0.2) is 42.5 Å². The van der Waals surface area contributed by atoms with E-state index < -0.39 is 5.60 Å². The fourth-order valence-electron chi connectivity index (χ4n) is 4.12. The number of rotatable bonds is 6. The van der Waals surface area contributed by atoms with Gasteiger partial charge in [0, 0.05) is 28.1 Å². The Morgan fingerprint density at radius 3 is 2.53 bits per heavy atom. The molecule has 2 aromatic carbocycles. The van der Waals surface area contributed by atoms with Gasteiger partial charge in [-0.15, -0.1) is 28.3 Å². The number of fused-ring (bicyclic) bond motifs is 2. The number of aliphatic hydroxyl groups is 1. The zero-order valence-corrected chi connectivity index (χ0v) is 22.2. The molecule has 2 N–H and O–H groups in total. The number of thiophene rings is 1. The molecule has 178 valence electrons. The number of ketones is 1. The van der Waals surface area contributed by atoms with E-state index in [0.29, 0.717) is 33.9 Å². The number of carbonyl (C=O) groups is 2. The molecule has 4 rings (SSSR count). The van der Waals surface area contributed by atoms with Crippen molar-refractivity contribution < 1.29 is 19.4 Å². The fraction of sp³-hybridized carbons (Fsp3) is 0.269. The maximum absolute atomic E-state index is 13.3. The molecular formula is C26H27BrN2O4S. The van der Waals surface area contributed by atoms with Gasteiger partial charge in [0.05, 0.1) is 22.6 Å². The van der Waals surface area contributed by atoms with Gasteiger partial charge < -0.3 is 15.2 Å². The molecule has 0 fully saturated rings. The van der Waals surface area contributed by atoms with Crippen molar-refractivity contribution in [2.24, 2.45) is 0 Å². The van der Waals surface area contributed by atoms with Crippen LogP contribution in [0, 0.1) is 6.92 Å². The number of methoxy groups -OCH3 is 1. The van der Waals surface area contributed by atoms with Crippen LogP contribution in [-0.4, -0.2) is 28.9 Å². The van der Waals surface area contributed by atoms with Crippen molar-refractivity contribution in [3.8, 4) is 0 Å². The third-order valence-electron chi connectivity index (χ3n) is 5.67. The van der Waals surface area contributed by atoms with E-state index in [-0.39, 0.29) is 28.7 Å². The smallest absolute Gasteiger partial charge is 0.267 e. The van der Waals surface area contributed by atoms with Gasteiger partial charge in [-0.05, 0) is 62.6 Å². The number of Topliss-reactive ketones (excluding diaryl/α,β-unsaturated/α-hetero) is 1. The summed E-state index contributed by atoms with van der Waals surface area (Å²) >= 11 is 1.29. The van der Waals surface area contributed by atoms with Gasteiger partial charge in [0.1, 0.15) is 5.82 Å². The molecule has 0 spiro atoms. The molecule has 8 heteroatoms. The molecule has 0 aliphatic heterocycles. The van der Waals surface area contributed by atoms with Gasteiger partial charge in [0.25, 0.3) is 5.91 Å². The number of hydrogen-bond donors (Lipinski definition) is 2. The minimum absolute atomic E-state index is 0. The van der Waals surface area contributed by atoms with Gasteiger partial charge in [0.15, 0.2) is 5.78 Å². The van der Waals surface area contributed by atoms with Crippen LogP contribution in [0.1, 0.15) is 57.5 Å². The fourth-order valence-corrected chi connectivity index (χ4v) is 5.43. The summed E-state index contributed by atoms with van der Waals surface area (Å²) in [5, 5.41) is 15.3. The molecule has 0 saturated carbocycles. The third kappa shape index (κ3) is 4.77. The van der Waals surface area contributed by atoms with E-state index in [1.165, 1.54) is 18.3 Å². The minimum atomic E-state index is -1.11. The highest BCUT2D eigenvalue weighted by Gasteiger charge is 2.24. The van der Waals surface area contributed by atoms with Crippen molar-refractivity contribution in [2.75, 3.05) is 12.4 Å². The number of amides is 1. The maximum Gasteiger partial charge on any atom is 0.267 e. The van der Waals surface area contributed by atoms with Gasteiger partial charge >= 0.3 is 0 Å². The van der Waals surface area contributed by atoms with E-state index in [4.69, 9.17) is 4.74 Å². The van der Waals surface area contributed by atoms with Crippen LogP contribution in [0.3, 0.4) is 0 Å². The van der Waals surface area contributed by atoms with Crippen molar-refractivity contribution in [3.63, 3.8) is 0 Å². The molecular weight excluding hydrogens is 516 g/mol. The van der Waals surface area contributed by atoms with E-state index in [1.54, 1.807) is 33.1 Å². The molecule has 2 aromatic heterocycles. The van der Waals surface area contributed by atoms with Crippen LogP contribution in [0.4, 0.5) is 5.82 Å². The first-order valence-corrected chi connectivity index (χ1v) is 11.4. The predicted octanol–water partition coefficient (Wildman–Crippen LogP) is 6.16. The van der Waals surface area contributed by atoms with Crippen molar-refractivity contribution in [1.82, 2.24) is 4.98 Å². The van der Waals surface area contributed by atoms with E-state index >= 15 is 0 Å². The number of hydrogen-bond acceptors (Lipinski definition) is 6. The molecule has 0 saturated heterocycles. The number of para-hydroxylation sites is 1. The summed E-state index contributed by atoms with van der Waals surface area (Å²) in [4.78, 5) is 30.6.